The molecule has 156 valence electrons. The van der Waals surface area contributed by atoms with Gasteiger partial charge >= 0.3 is 0 Å². The van der Waals surface area contributed by atoms with Crippen LogP contribution in [0.4, 0.5) is 5.69 Å². The van der Waals surface area contributed by atoms with Crippen molar-refractivity contribution in [2.75, 3.05) is 5.32 Å². The molecule has 1 amide bonds. The standard InChI is InChI=1S/C26H20N4O2/c31-25(13-12-20-7-3-6-19-8-5-14-27-26(19)20)29-21-9-4-10-23(16-21)32-18-22-17-30-15-2-1-11-24(30)28-22/h1-17H,18H2,(H,29,31)/b13-12+. The number of ether oxygens (including phenoxy) is 1. The molecule has 0 aliphatic carbocycles. The molecule has 0 bridgehead atoms. The van der Waals surface area contributed by atoms with Gasteiger partial charge in [0.05, 0.1) is 11.2 Å². The van der Waals surface area contributed by atoms with Crippen LogP contribution < -0.4 is 10.1 Å². The van der Waals surface area contributed by atoms with Crippen molar-refractivity contribution in [3.8, 4) is 5.75 Å². The van der Waals surface area contributed by atoms with E-state index in [4.69, 9.17) is 4.74 Å². The topological polar surface area (TPSA) is 68.5 Å². The minimum atomic E-state index is -0.226. The van der Waals surface area contributed by atoms with Crippen molar-refractivity contribution in [1.29, 1.82) is 0 Å². The maximum absolute atomic E-state index is 12.4. The van der Waals surface area contributed by atoms with Crippen molar-refractivity contribution in [3.05, 3.63) is 109 Å². The number of imidazole rings is 1. The van der Waals surface area contributed by atoms with Gasteiger partial charge < -0.3 is 14.5 Å². The highest BCUT2D eigenvalue weighted by Crippen LogP contribution is 2.20. The van der Waals surface area contributed by atoms with E-state index in [1.54, 1.807) is 18.3 Å². The number of anilines is 1. The van der Waals surface area contributed by atoms with Crippen LogP contribution in [0, 0.1) is 0 Å². The van der Waals surface area contributed by atoms with E-state index in [9.17, 15) is 4.79 Å². The average Bonchev–Trinajstić information content (AvgIpc) is 3.25. The molecule has 0 radical (unpaired) electrons. The molecule has 0 fully saturated rings. The monoisotopic (exact) mass is 420 g/mol. The van der Waals surface area contributed by atoms with Crippen molar-refractivity contribution in [2.45, 2.75) is 6.61 Å². The zero-order chi connectivity index (χ0) is 21.8. The second-order valence-electron chi connectivity index (χ2n) is 7.26. The molecular formula is C26H20N4O2. The van der Waals surface area contributed by atoms with Gasteiger partial charge in [0.25, 0.3) is 0 Å². The van der Waals surface area contributed by atoms with Gasteiger partial charge in [-0.3, -0.25) is 9.78 Å². The molecule has 5 aromatic rings. The van der Waals surface area contributed by atoms with Crippen LogP contribution >= 0.6 is 0 Å². The predicted molar refractivity (Wildman–Crippen MR) is 125 cm³/mol. The Kier molecular flexibility index (Phi) is 5.32. The average molecular weight is 420 g/mol. The molecule has 32 heavy (non-hydrogen) atoms. The van der Waals surface area contributed by atoms with Gasteiger partial charge in [0.15, 0.2) is 0 Å². The molecule has 0 spiro atoms. The number of rotatable bonds is 6. The summed E-state index contributed by atoms with van der Waals surface area (Å²) in [5, 5.41) is 3.91. The van der Waals surface area contributed by atoms with Gasteiger partial charge in [-0.15, -0.1) is 0 Å². The van der Waals surface area contributed by atoms with Gasteiger partial charge in [-0.1, -0.05) is 36.4 Å². The SMILES string of the molecule is O=C(/C=C/c1cccc2cccnc12)Nc1cccc(OCc2cn3ccccc3n2)c1. The summed E-state index contributed by atoms with van der Waals surface area (Å²) < 4.78 is 7.82. The number of pyridine rings is 2. The molecule has 1 N–H and O–H groups in total. The highest BCUT2D eigenvalue weighted by Gasteiger charge is 2.05. The molecule has 0 aliphatic heterocycles. The Morgan fingerprint density at radius 3 is 2.88 bits per heavy atom. The fourth-order valence-electron chi connectivity index (χ4n) is 3.49. The Labute approximate surface area is 184 Å². The van der Waals surface area contributed by atoms with Crippen LogP contribution in [0.15, 0.2) is 97.5 Å². The number of benzene rings is 2. The van der Waals surface area contributed by atoms with Gasteiger partial charge in [-0.25, -0.2) is 4.98 Å². The van der Waals surface area contributed by atoms with Crippen molar-refractivity contribution >= 4 is 34.2 Å². The highest BCUT2D eigenvalue weighted by atomic mass is 16.5. The molecule has 0 aliphatic rings. The molecule has 0 saturated carbocycles. The van der Waals surface area contributed by atoms with Crippen LogP contribution in [-0.4, -0.2) is 20.3 Å². The summed E-state index contributed by atoms with van der Waals surface area (Å²) in [5.74, 6) is 0.428. The van der Waals surface area contributed by atoms with Crippen molar-refractivity contribution in [3.63, 3.8) is 0 Å². The summed E-state index contributed by atoms with van der Waals surface area (Å²) in [7, 11) is 0. The maximum atomic E-state index is 12.4. The van der Waals surface area contributed by atoms with E-state index < -0.39 is 0 Å². The third kappa shape index (κ3) is 4.34. The molecule has 0 unspecified atom stereocenters. The Morgan fingerprint density at radius 2 is 1.94 bits per heavy atom. The van der Waals surface area contributed by atoms with E-state index in [1.807, 2.05) is 83.5 Å². The first kappa shape index (κ1) is 19.5. The number of carbonyl (C=O) groups excluding carboxylic acids is 1. The van der Waals surface area contributed by atoms with E-state index in [2.05, 4.69) is 15.3 Å². The number of nitrogens with one attached hydrogen (secondary N) is 1. The van der Waals surface area contributed by atoms with Gasteiger partial charge in [0, 0.05) is 47.4 Å². The van der Waals surface area contributed by atoms with E-state index in [-0.39, 0.29) is 5.91 Å². The molecule has 3 heterocycles. The Morgan fingerprint density at radius 1 is 1.03 bits per heavy atom. The lowest BCUT2D eigenvalue weighted by Crippen LogP contribution is -2.07. The van der Waals surface area contributed by atoms with Crippen LogP contribution in [0.25, 0.3) is 22.6 Å². The van der Waals surface area contributed by atoms with Gasteiger partial charge in [0.2, 0.25) is 5.91 Å². The van der Waals surface area contributed by atoms with Gasteiger partial charge in [0.1, 0.15) is 18.0 Å². The predicted octanol–water partition coefficient (Wildman–Crippen LogP) is 5.11. The highest BCUT2D eigenvalue weighted by molar-refractivity contribution is 6.03. The fraction of sp³-hybridized carbons (Fsp3) is 0.0385. The zero-order valence-electron chi connectivity index (χ0n) is 17.2. The summed E-state index contributed by atoms with van der Waals surface area (Å²) in [6.07, 6.45) is 8.91. The van der Waals surface area contributed by atoms with Crippen molar-refractivity contribution in [2.24, 2.45) is 0 Å². The third-order valence-electron chi connectivity index (χ3n) is 4.98. The van der Waals surface area contributed by atoms with E-state index >= 15 is 0 Å². The Hall–Kier alpha value is -4.45. The fourth-order valence-corrected chi connectivity index (χ4v) is 3.49. The van der Waals surface area contributed by atoms with Crippen molar-refractivity contribution in [1.82, 2.24) is 14.4 Å². The van der Waals surface area contributed by atoms with Crippen LogP contribution in [-0.2, 0) is 11.4 Å². The first-order valence-electron chi connectivity index (χ1n) is 10.2. The summed E-state index contributed by atoms with van der Waals surface area (Å²) in [6.45, 7) is 0.340. The maximum Gasteiger partial charge on any atom is 0.248 e. The molecular weight excluding hydrogens is 400 g/mol. The third-order valence-corrected chi connectivity index (χ3v) is 4.98. The molecule has 6 heteroatoms. The lowest BCUT2D eigenvalue weighted by atomic mass is 10.1. The Bertz CT molecular complexity index is 1400. The largest absolute Gasteiger partial charge is 0.487 e. The number of aromatic nitrogens is 3. The van der Waals surface area contributed by atoms with Crippen LogP contribution in [0.1, 0.15) is 11.3 Å². The zero-order valence-corrected chi connectivity index (χ0v) is 17.2. The number of fused-ring (bicyclic) bond motifs is 2. The number of hydrogen-bond acceptors (Lipinski definition) is 4. The second-order valence-corrected chi connectivity index (χ2v) is 7.26. The van der Waals surface area contributed by atoms with Crippen LogP contribution in [0.3, 0.4) is 0 Å². The number of para-hydroxylation sites is 1. The number of carbonyl (C=O) groups is 1. The molecule has 3 aromatic heterocycles. The number of nitrogens with zero attached hydrogens (tertiary/aromatic N) is 3. The summed E-state index contributed by atoms with van der Waals surface area (Å²) >= 11 is 0. The summed E-state index contributed by atoms with van der Waals surface area (Å²) in [5.41, 5.74) is 4.12. The summed E-state index contributed by atoms with van der Waals surface area (Å²) in [4.78, 5) is 21.4. The quantitative estimate of drug-likeness (QED) is 0.388. The minimum absolute atomic E-state index is 0.226. The van der Waals surface area contributed by atoms with Crippen LogP contribution in [0.5, 0.6) is 5.75 Å². The first-order chi connectivity index (χ1) is 15.7. The normalized spacial score (nSPS) is 11.2. The van der Waals surface area contributed by atoms with Crippen molar-refractivity contribution < 1.29 is 9.53 Å². The molecule has 2 aromatic carbocycles. The van der Waals surface area contributed by atoms with Crippen LogP contribution in [0.2, 0.25) is 0 Å². The molecule has 0 saturated heterocycles. The van der Waals surface area contributed by atoms with E-state index in [0.29, 0.717) is 18.0 Å². The lowest BCUT2D eigenvalue weighted by Gasteiger charge is -2.07. The minimum Gasteiger partial charge on any atom is -0.487 e. The van der Waals surface area contributed by atoms with Gasteiger partial charge in [-0.05, 0) is 36.4 Å². The van der Waals surface area contributed by atoms with E-state index in [0.717, 1.165) is 27.8 Å². The Balaban J connectivity index is 1.24. The van der Waals surface area contributed by atoms with Gasteiger partial charge in [-0.2, -0.15) is 0 Å². The molecule has 5 rings (SSSR count). The van der Waals surface area contributed by atoms with E-state index in [1.165, 1.54) is 6.08 Å². The first-order valence-corrected chi connectivity index (χ1v) is 10.2. The summed E-state index contributed by atoms with van der Waals surface area (Å²) in [6, 6.07) is 22.9. The smallest absolute Gasteiger partial charge is 0.248 e. The number of hydrogen-bond donors (Lipinski definition) is 1. The lowest BCUT2D eigenvalue weighted by molar-refractivity contribution is -0.111. The number of amides is 1. The molecule has 0 atom stereocenters. The molecule has 6 nitrogen and oxygen atoms in total. The second kappa shape index (κ2) is 8.73.